The Morgan fingerprint density at radius 1 is 1.24 bits per heavy atom. The van der Waals surface area contributed by atoms with Gasteiger partial charge in [0.2, 0.25) is 0 Å². The van der Waals surface area contributed by atoms with Gasteiger partial charge in [-0.2, -0.15) is 0 Å². The van der Waals surface area contributed by atoms with Gasteiger partial charge in [-0.15, -0.1) is 0 Å². The first-order valence-electron chi connectivity index (χ1n) is 9.69. The van der Waals surface area contributed by atoms with Gasteiger partial charge in [-0.1, -0.05) is 6.07 Å². The Labute approximate surface area is 167 Å². The van der Waals surface area contributed by atoms with E-state index in [1.54, 1.807) is 12.3 Å². The molecule has 2 aliphatic heterocycles. The van der Waals surface area contributed by atoms with Gasteiger partial charge in [0, 0.05) is 55.1 Å². The van der Waals surface area contributed by atoms with Crippen molar-refractivity contribution in [1.82, 2.24) is 19.4 Å². The Balaban J connectivity index is 0.000000645. The summed E-state index contributed by atoms with van der Waals surface area (Å²) in [4.78, 5) is 30.8. The molecular weight excluding hydrogens is 372 g/mol. The summed E-state index contributed by atoms with van der Waals surface area (Å²) < 4.78 is 1.84. The van der Waals surface area contributed by atoms with Crippen LogP contribution in [0.25, 0.3) is 11.0 Å². The molecule has 0 radical (unpaired) electrons. The molecule has 2 bridgehead atoms. The van der Waals surface area contributed by atoms with Crippen molar-refractivity contribution in [3.63, 3.8) is 0 Å². The highest BCUT2D eigenvalue weighted by Gasteiger charge is 2.40. The second-order valence-corrected chi connectivity index (χ2v) is 7.61. The molecule has 3 aromatic rings. The number of rotatable bonds is 3. The van der Waals surface area contributed by atoms with Gasteiger partial charge in [0.1, 0.15) is 5.65 Å². The summed E-state index contributed by atoms with van der Waals surface area (Å²) >= 11 is 0. The molecule has 5 heterocycles. The maximum Gasteiger partial charge on any atom is 0.290 e. The van der Waals surface area contributed by atoms with Gasteiger partial charge in [0.05, 0.1) is 12.6 Å². The predicted molar refractivity (Wildman–Crippen MR) is 108 cm³/mol. The number of H-pyrrole nitrogens is 1. The van der Waals surface area contributed by atoms with E-state index >= 15 is 0 Å². The molecular formula is C21H24N4O4. The molecule has 5 rings (SSSR count). The minimum absolute atomic E-state index is 0.00685. The summed E-state index contributed by atoms with van der Waals surface area (Å²) in [5.41, 5.74) is 3.24. The summed E-state index contributed by atoms with van der Waals surface area (Å²) in [7, 11) is 0. The fourth-order valence-electron chi connectivity index (χ4n) is 4.88. The highest BCUT2D eigenvalue weighted by atomic mass is 16.3. The number of carboxylic acid groups (broad SMARTS) is 1. The first kappa shape index (κ1) is 19.4. The number of aliphatic hydroxyl groups excluding tert-OH is 1. The molecule has 0 aromatic carbocycles. The fraction of sp³-hybridized carbons (Fsp3) is 0.381. The van der Waals surface area contributed by atoms with E-state index in [4.69, 9.17) is 9.90 Å². The molecule has 0 spiro atoms. The minimum Gasteiger partial charge on any atom is -0.483 e. The van der Waals surface area contributed by atoms with Crippen LogP contribution >= 0.6 is 0 Å². The maximum absolute atomic E-state index is 12.4. The van der Waals surface area contributed by atoms with E-state index in [2.05, 4.69) is 20.9 Å². The largest absolute Gasteiger partial charge is 0.483 e. The Morgan fingerprint density at radius 3 is 2.86 bits per heavy atom. The van der Waals surface area contributed by atoms with Gasteiger partial charge >= 0.3 is 0 Å². The zero-order valence-electron chi connectivity index (χ0n) is 15.9. The second kappa shape index (κ2) is 8.18. The quantitative estimate of drug-likeness (QED) is 0.580. The first-order valence-corrected chi connectivity index (χ1v) is 9.69. The molecule has 0 amide bonds. The van der Waals surface area contributed by atoms with Crippen LogP contribution < -0.4 is 5.56 Å². The SMILES string of the molecule is O=CO.O=c1cccc2n1[C@@H](CO)[C@H]1C[C@@H]2CN(Cc2c[nH]c3ncccc23)C1. The summed E-state index contributed by atoms with van der Waals surface area (Å²) in [6.07, 6.45) is 4.89. The van der Waals surface area contributed by atoms with Crippen molar-refractivity contribution in [2.75, 3.05) is 19.7 Å². The maximum atomic E-state index is 12.4. The van der Waals surface area contributed by atoms with E-state index in [1.165, 1.54) is 10.9 Å². The number of piperidine rings is 1. The summed E-state index contributed by atoms with van der Waals surface area (Å²) in [5, 5.41) is 18.0. The predicted octanol–water partition coefficient (Wildman–Crippen LogP) is 1.58. The number of fused-ring (bicyclic) bond motifs is 5. The molecule has 29 heavy (non-hydrogen) atoms. The van der Waals surface area contributed by atoms with Crippen molar-refractivity contribution in [2.45, 2.75) is 24.9 Å². The smallest absolute Gasteiger partial charge is 0.290 e. The zero-order chi connectivity index (χ0) is 20.4. The van der Waals surface area contributed by atoms with Crippen LogP contribution in [0.4, 0.5) is 0 Å². The van der Waals surface area contributed by atoms with Crippen molar-refractivity contribution < 1.29 is 15.0 Å². The third-order valence-corrected chi connectivity index (χ3v) is 5.99. The van der Waals surface area contributed by atoms with Gasteiger partial charge in [-0.3, -0.25) is 14.5 Å². The lowest BCUT2D eigenvalue weighted by Crippen LogP contribution is -2.50. The van der Waals surface area contributed by atoms with Crippen molar-refractivity contribution in [2.24, 2.45) is 5.92 Å². The Morgan fingerprint density at radius 2 is 2.07 bits per heavy atom. The number of nitrogens with zero attached hydrogens (tertiary/aromatic N) is 3. The van der Waals surface area contributed by atoms with E-state index in [0.29, 0.717) is 11.8 Å². The summed E-state index contributed by atoms with van der Waals surface area (Å²) in [6.45, 7) is 2.45. The number of pyridine rings is 2. The lowest BCUT2D eigenvalue weighted by molar-refractivity contribution is -0.122. The van der Waals surface area contributed by atoms with Gasteiger partial charge in [0.15, 0.2) is 0 Å². The van der Waals surface area contributed by atoms with Crippen LogP contribution in [0.3, 0.4) is 0 Å². The molecule has 1 fully saturated rings. The molecule has 3 atom stereocenters. The number of aromatic nitrogens is 3. The number of carbonyl (C=O) groups is 1. The van der Waals surface area contributed by atoms with E-state index in [1.807, 2.05) is 29.0 Å². The third-order valence-electron chi connectivity index (χ3n) is 5.99. The Bertz CT molecular complexity index is 1060. The molecule has 0 unspecified atom stereocenters. The minimum atomic E-state index is -0.250. The monoisotopic (exact) mass is 396 g/mol. The van der Waals surface area contributed by atoms with Crippen LogP contribution in [0.1, 0.15) is 29.6 Å². The Hall–Kier alpha value is -2.97. The number of aliphatic hydroxyl groups is 1. The van der Waals surface area contributed by atoms with Crippen LogP contribution in [0, 0.1) is 5.92 Å². The third kappa shape index (κ3) is 3.56. The van der Waals surface area contributed by atoms with Crippen LogP contribution in [0.15, 0.2) is 47.5 Å². The highest BCUT2D eigenvalue weighted by Crippen LogP contribution is 2.41. The van der Waals surface area contributed by atoms with E-state index < -0.39 is 0 Å². The van der Waals surface area contributed by atoms with Crippen LogP contribution in [0.2, 0.25) is 0 Å². The summed E-state index contributed by atoms with van der Waals surface area (Å²) in [6, 6.07) is 9.43. The molecule has 3 N–H and O–H groups in total. The molecule has 8 heteroatoms. The fourth-order valence-corrected chi connectivity index (χ4v) is 4.88. The van der Waals surface area contributed by atoms with Crippen molar-refractivity contribution in [3.05, 3.63) is 64.3 Å². The summed E-state index contributed by atoms with van der Waals surface area (Å²) in [5.74, 6) is 0.642. The normalized spacial score (nSPS) is 23.1. The number of likely N-dealkylation sites (tertiary alicyclic amines) is 1. The van der Waals surface area contributed by atoms with E-state index in [-0.39, 0.29) is 24.7 Å². The van der Waals surface area contributed by atoms with Crippen molar-refractivity contribution in [3.8, 4) is 0 Å². The van der Waals surface area contributed by atoms with Gasteiger partial charge in [-0.25, -0.2) is 4.98 Å². The molecule has 0 aliphatic carbocycles. The standard InChI is InChI=1S/C20H22N4O2.CH2O2/c25-12-18-14-7-13(17-4-1-5-19(26)24(17)18)9-23(10-14)11-15-8-22-20-16(15)3-2-6-21-20;2-1-3/h1-6,8,13-14,18,25H,7,9-12H2,(H,21,22);1H,(H,2,3)/t13-,14+,18+;/m1./s1. The van der Waals surface area contributed by atoms with Crippen LogP contribution in [-0.2, 0) is 11.3 Å². The van der Waals surface area contributed by atoms with Gasteiger partial charge < -0.3 is 19.8 Å². The molecule has 0 saturated carbocycles. The number of hydrogen-bond acceptors (Lipinski definition) is 5. The number of nitrogens with one attached hydrogen (secondary N) is 1. The van der Waals surface area contributed by atoms with Crippen molar-refractivity contribution in [1.29, 1.82) is 0 Å². The topological polar surface area (TPSA) is 111 Å². The van der Waals surface area contributed by atoms with Gasteiger partial charge in [-0.05, 0) is 36.1 Å². The highest BCUT2D eigenvalue weighted by molar-refractivity contribution is 5.79. The van der Waals surface area contributed by atoms with Crippen molar-refractivity contribution >= 4 is 17.5 Å². The van der Waals surface area contributed by atoms with Crippen LogP contribution in [0.5, 0.6) is 0 Å². The molecule has 1 saturated heterocycles. The molecule has 2 aliphatic rings. The lowest BCUT2D eigenvalue weighted by Gasteiger charge is -2.46. The molecule has 3 aromatic heterocycles. The van der Waals surface area contributed by atoms with E-state index in [0.717, 1.165) is 37.4 Å². The number of hydrogen-bond donors (Lipinski definition) is 3. The second-order valence-electron chi connectivity index (χ2n) is 7.61. The van der Waals surface area contributed by atoms with E-state index in [9.17, 15) is 9.90 Å². The number of aromatic amines is 1. The first-order chi connectivity index (χ1) is 14.2. The average Bonchev–Trinajstić information content (AvgIpc) is 3.13. The zero-order valence-corrected chi connectivity index (χ0v) is 15.9. The van der Waals surface area contributed by atoms with Gasteiger partial charge in [0.25, 0.3) is 12.0 Å². The van der Waals surface area contributed by atoms with Crippen LogP contribution in [-0.4, -0.2) is 55.8 Å². The molecule has 152 valence electrons. The molecule has 8 nitrogen and oxygen atoms in total. The Kier molecular flexibility index (Phi) is 5.46. The lowest BCUT2D eigenvalue weighted by atomic mass is 9.78. The average molecular weight is 396 g/mol.